The van der Waals surface area contributed by atoms with Crippen LogP contribution in [0.15, 0.2) is 18.2 Å². The van der Waals surface area contributed by atoms with Gasteiger partial charge in [0.1, 0.15) is 6.10 Å². The van der Waals surface area contributed by atoms with E-state index in [2.05, 4.69) is 17.2 Å². The highest BCUT2D eigenvalue weighted by Gasteiger charge is 2.28. The maximum atomic E-state index is 12.1. The van der Waals surface area contributed by atoms with Gasteiger partial charge in [0, 0.05) is 17.7 Å². The van der Waals surface area contributed by atoms with Crippen LogP contribution in [0.5, 0.6) is 0 Å². The summed E-state index contributed by atoms with van der Waals surface area (Å²) in [5, 5.41) is 11.6. The van der Waals surface area contributed by atoms with Gasteiger partial charge in [0.25, 0.3) is 5.91 Å². The quantitative estimate of drug-likeness (QED) is 0.838. The summed E-state index contributed by atoms with van der Waals surface area (Å²) in [4.78, 5) is 12.1. The highest BCUT2D eigenvalue weighted by atomic mass is 16.5. The number of rotatable bonds is 3. The zero-order valence-corrected chi connectivity index (χ0v) is 12.5. The second-order valence-electron chi connectivity index (χ2n) is 5.31. The van der Waals surface area contributed by atoms with E-state index in [1.54, 1.807) is 0 Å². The molecule has 2 unspecified atom stereocenters. The summed E-state index contributed by atoms with van der Waals surface area (Å²) < 4.78 is 5.57. The average molecular weight is 287 g/mol. The molecule has 1 aliphatic rings. The third kappa shape index (κ3) is 4.32. The van der Waals surface area contributed by atoms with Crippen LogP contribution in [0.4, 0.5) is 5.69 Å². The summed E-state index contributed by atoms with van der Waals surface area (Å²) >= 11 is 0. The van der Waals surface area contributed by atoms with E-state index in [-0.39, 0.29) is 24.7 Å². The molecule has 0 saturated carbocycles. The molecule has 4 heteroatoms. The molecule has 0 bridgehead atoms. The molecule has 1 aliphatic heterocycles. The van der Waals surface area contributed by atoms with Crippen LogP contribution in [-0.4, -0.2) is 29.8 Å². The van der Waals surface area contributed by atoms with Crippen LogP contribution in [0.1, 0.15) is 37.3 Å². The van der Waals surface area contributed by atoms with Crippen molar-refractivity contribution in [2.24, 2.45) is 0 Å². The van der Waals surface area contributed by atoms with E-state index in [1.165, 1.54) is 0 Å². The first kappa shape index (κ1) is 15.6. The fraction of sp³-hybridized carbons (Fsp3) is 0.471. The maximum Gasteiger partial charge on any atom is 0.253 e. The first-order valence-corrected chi connectivity index (χ1v) is 7.27. The largest absolute Gasteiger partial charge is 0.395 e. The minimum Gasteiger partial charge on any atom is -0.395 e. The van der Waals surface area contributed by atoms with Crippen molar-refractivity contribution < 1.29 is 14.6 Å². The fourth-order valence-corrected chi connectivity index (χ4v) is 2.31. The van der Waals surface area contributed by atoms with Gasteiger partial charge in [-0.15, -0.1) is 0 Å². The predicted molar refractivity (Wildman–Crippen MR) is 82.0 cm³/mol. The number of anilines is 1. The Bertz CT molecular complexity index is 571. The Hall–Kier alpha value is -1.83. The highest BCUT2D eigenvalue weighted by Crippen LogP contribution is 2.22. The summed E-state index contributed by atoms with van der Waals surface area (Å²) in [6, 6.07) is 5.65. The number of carbonyl (C=O) groups is 1. The average Bonchev–Trinajstić information content (AvgIpc) is 2.89. The van der Waals surface area contributed by atoms with E-state index in [0.717, 1.165) is 29.7 Å². The van der Waals surface area contributed by atoms with E-state index in [0.29, 0.717) is 6.42 Å². The normalized spacial score (nSPS) is 20.7. The van der Waals surface area contributed by atoms with Crippen LogP contribution in [0, 0.1) is 18.8 Å². The summed E-state index contributed by atoms with van der Waals surface area (Å²) in [7, 11) is 0. The molecule has 0 radical (unpaired) electrons. The second kappa shape index (κ2) is 7.26. The first-order valence-electron chi connectivity index (χ1n) is 7.27. The van der Waals surface area contributed by atoms with E-state index >= 15 is 0 Å². The number of carbonyl (C=O) groups excluding carboxylic acids is 1. The minimum absolute atomic E-state index is 0.0694. The fourth-order valence-electron chi connectivity index (χ4n) is 2.31. The maximum absolute atomic E-state index is 12.1. The van der Waals surface area contributed by atoms with Crippen molar-refractivity contribution >= 4 is 11.6 Å². The Kier molecular flexibility index (Phi) is 5.38. The van der Waals surface area contributed by atoms with Gasteiger partial charge in [-0.3, -0.25) is 4.79 Å². The number of amides is 1. The Morgan fingerprint density at radius 1 is 1.48 bits per heavy atom. The summed E-state index contributed by atoms with van der Waals surface area (Å²) in [6.45, 7) is 3.99. The molecule has 2 N–H and O–H groups in total. The van der Waals surface area contributed by atoms with Crippen LogP contribution >= 0.6 is 0 Å². The van der Waals surface area contributed by atoms with Gasteiger partial charge in [0.05, 0.1) is 12.7 Å². The number of aryl methyl sites for hydroxylation is 1. The van der Waals surface area contributed by atoms with Gasteiger partial charge in [0.15, 0.2) is 0 Å². The van der Waals surface area contributed by atoms with Crippen LogP contribution in [-0.2, 0) is 9.53 Å². The third-order valence-electron chi connectivity index (χ3n) is 3.48. The molecular formula is C17H21NO3. The summed E-state index contributed by atoms with van der Waals surface area (Å²) in [5.74, 6) is 5.78. The lowest BCUT2D eigenvalue weighted by molar-refractivity contribution is -0.126. The van der Waals surface area contributed by atoms with Gasteiger partial charge < -0.3 is 15.2 Å². The molecule has 1 amide bonds. The number of aliphatic hydroxyl groups excluding tert-OH is 1. The smallest absolute Gasteiger partial charge is 0.253 e. The molecule has 0 spiro atoms. The van der Waals surface area contributed by atoms with Gasteiger partial charge in [-0.2, -0.15) is 0 Å². The molecule has 1 aromatic rings. The molecule has 1 heterocycles. The van der Waals surface area contributed by atoms with Crippen molar-refractivity contribution in [1.82, 2.24) is 0 Å². The van der Waals surface area contributed by atoms with Crippen molar-refractivity contribution in [2.45, 2.75) is 45.3 Å². The number of aliphatic hydroxyl groups is 1. The van der Waals surface area contributed by atoms with Crippen molar-refractivity contribution in [3.63, 3.8) is 0 Å². The number of nitrogens with one attached hydrogen (secondary N) is 1. The van der Waals surface area contributed by atoms with Crippen molar-refractivity contribution in [3.8, 4) is 11.8 Å². The number of benzene rings is 1. The van der Waals surface area contributed by atoms with E-state index in [9.17, 15) is 4.79 Å². The van der Waals surface area contributed by atoms with Gasteiger partial charge in [-0.05, 0) is 50.5 Å². The molecular weight excluding hydrogens is 266 g/mol. The van der Waals surface area contributed by atoms with E-state index < -0.39 is 0 Å². The molecule has 1 aromatic carbocycles. The van der Waals surface area contributed by atoms with Crippen LogP contribution in [0.2, 0.25) is 0 Å². The zero-order chi connectivity index (χ0) is 15.2. The number of hydrogen-bond donors (Lipinski definition) is 2. The minimum atomic E-state index is -0.344. The van der Waals surface area contributed by atoms with Crippen LogP contribution in [0.3, 0.4) is 0 Å². The zero-order valence-electron chi connectivity index (χ0n) is 12.5. The van der Waals surface area contributed by atoms with Gasteiger partial charge in [-0.1, -0.05) is 11.8 Å². The predicted octanol–water partition coefficient (Wildman–Crippen LogP) is 2.23. The summed E-state index contributed by atoms with van der Waals surface area (Å²) in [5.41, 5.74) is 2.63. The first-order chi connectivity index (χ1) is 10.1. The van der Waals surface area contributed by atoms with E-state index in [1.807, 2.05) is 32.0 Å². The molecule has 1 saturated heterocycles. The Morgan fingerprint density at radius 3 is 2.90 bits per heavy atom. The molecule has 0 aromatic heterocycles. The Morgan fingerprint density at radius 2 is 2.29 bits per heavy atom. The standard InChI is InChI=1S/C17H21NO3/c1-12-11-14(5-3-4-10-19)7-8-15(12)18-17(20)16-9-6-13(2)21-16/h7-8,11,13,16,19H,4,6,9-10H2,1-2H3,(H,18,20). The molecule has 2 rings (SSSR count). The molecule has 4 nitrogen and oxygen atoms in total. The van der Waals surface area contributed by atoms with Gasteiger partial charge in [-0.25, -0.2) is 0 Å². The second-order valence-corrected chi connectivity index (χ2v) is 5.31. The third-order valence-corrected chi connectivity index (χ3v) is 3.48. The SMILES string of the molecule is Cc1cc(C#CCCO)ccc1NC(=O)C1CCC(C)O1. The lowest BCUT2D eigenvalue weighted by atomic mass is 10.1. The van der Waals surface area contributed by atoms with Crippen molar-refractivity contribution in [3.05, 3.63) is 29.3 Å². The van der Waals surface area contributed by atoms with Crippen LogP contribution < -0.4 is 5.32 Å². The van der Waals surface area contributed by atoms with Gasteiger partial charge >= 0.3 is 0 Å². The van der Waals surface area contributed by atoms with Crippen molar-refractivity contribution in [1.29, 1.82) is 0 Å². The Balaban J connectivity index is 2.01. The van der Waals surface area contributed by atoms with Gasteiger partial charge in [0.2, 0.25) is 0 Å². The monoisotopic (exact) mass is 287 g/mol. The molecule has 112 valence electrons. The lowest BCUT2D eigenvalue weighted by Crippen LogP contribution is -2.28. The number of hydrogen-bond acceptors (Lipinski definition) is 3. The molecule has 21 heavy (non-hydrogen) atoms. The number of ether oxygens (including phenoxy) is 1. The molecule has 2 atom stereocenters. The van der Waals surface area contributed by atoms with Crippen LogP contribution in [0.25, 0.3) is 0 Å². The molecule has 1 fully saturated rings. The highest BCUT2D eigenvalue weighted by molar-refractivity contribution is 5.95. The lowest BCUT2D eigenvalue weighted by Gasteiger charge is -2.13. The van der Waals surface area contributed by atoms with E-state index in [4.69, 9.17) is 9.84 Å². The summed E-state index contributed by atoms with van der Waals surface area (Å²) in [6.07, 6.45) is 1.98. The van der Waals surface area contributed by atoms with Crippen molar-refractivity contribution in [2.75, 3.05) is 11.9 Å². The molecule has 0 aliphatic carbocycles. The topological polar surface area (TPSA) is 58.6 Å². The Labute approximate surface area is 125 Å².